The van der Waals surface area contributed by atoms with Gasteiger partial charge in [0.05, 0.1) is 0 Å². The quantitative estimate of drug-likeness (QED) is 0.306. The number of rotatable bonds is 1. The summed E-state index contributed by atoms with van der Waals surface area (Å²) in [5.41, 5.74) is 4.05. The molecule has 0 radical (unpaired) electrons. The van der Waals surface area contributed by atoms with Crippen LogP contribution in [-0.2, 0) is 0 Å². The predicted octanol–water partition coefficient (Wildman–Crippen LogP) is 7.18. The van der Waals surface area contributed by atoms with Gasteiger partial charge in [-0.25, -0.2) is 0 Å². The molecule has 24 heavy (non-hydrogen) atoms. The molecule has 0 aliphatic heterocycles. The van der Waals surface area contributed by atoms with Gasteiger partial charge in [-0.1, -0.05) is 72.8 Å². The molecule has 0 spiro atoms. The molecule has 1 heteroatoms. The normalized spacial score (nSPS) is 11.5. The Morgan fingerprint density at radius 1 is 0.625 bits per heavy atom. The summed E-state index contributed by atoms with van der Waals surface area (Å²) in [6, 6.07) is 28.6. The maximum Gasteiger partial charge on any atom is 0.0434 e. The minimum absolute atomic E-state index is 1.30. The van der Waals surface area contributed by atoms with Crippen molar-refractivity contribution in [1.29, 1.82) is 0 Å². The monoisotopic (exact) mass is 324 g/mol. The highest BCUT2D eigenvalue weighted by atomic mass is 32.1. The molecular weight excluding hydrogens is 308 g/mol. The Morgan fingerprint density at radius 3 is 2.29 bits per heavy atom. The lowest BCUT2D eigenvalue weighted by Gasteiger charge is -2.12. The van der Waals surface area contributed by atoms with Gasteiger partial charge in [-0.2, -0.15) is 0 Å². The average molecular weight is 324 g/mol. The Bertz CT molecular complexity index is 1210. The number of benzene rings is 4. The molecule has 0 fully saturated rings. The number of hydrogen-bond donors (Lipinski definition) is 0. The SMILES string of the molecule is Cc1ccc2ccccc2c1-c1cccc2c1sc1ccccc12. The first-order valence-electron chi connectivity index (χ1n) is 8.22. The van der Waals surface area contributed by atoms with Gasteiger partial charge < -0.3 is 0 Å². The summed E-state index contributed by atoms with van der Waals surface area (Å²) >= 11 is 1.90. The fraction of sp³-hybridized carbons (Fsp3) is 0.0435. The predicted molar refractivity (Wildman–Crippen MR) is 107 cm³/mol. The maximum absolute atomic E-state index is 2.27. The molecule has 0 aliphatic rings. The maximum atomic E-state index is 2.27. The lowest BCUT2D eigenvalue weighted by Crippen LogP contribution is -1.86. The number of thiophene rings is 1. The van der Waals surface area contributed by atoms with E-state index in [1.165, 1.54) is 47.6 Å². The van der Waals surface area contributed by atoms with Gasteiger partial charge in [0.1, 0.15) is 0 Å². The largest absolute Gasteiger partial charge is 0.135 e. The van der Waals surface area contributed by atoms with E-state index >= 15 is 0 Å². The second kappa shape index (κ2) is 5.19. The van der Waals surface area contributed by atoms with E-state index in [2.05, 4.69) is 85.8 Å². The van der Waals surface area contributed by atoms with E-state index in [1.807, 2.05) is 11.3 Å². The average Bonchev–Trinajstić information content (AvgIpc) is 3.01. The molecular formula is C23H16S. The molecule has 0 bridgehead atoms. The van der Waals surface area contributed by atoms with Crippen molar-refractivity contribution in [3.05, 3.63) is 84.4 Å². The van der Waals surface area contributed by atoms with Crippen molar-refractivity contribution in [3.63, 3.8) is 0 Å². The fourth-order valence-corrected chi connectivity index (χ4v) is 4.90. The van der Waals surface area contributed by atoms with Crippen LogP contribution in [0.5, 0.6) is 0 Å². The first-order valence-corrected chi connectivity index (χ1v) is 9.03. The van der Waals surface area contributed by atoms with Gasteiger partial charge in [-0.15, -0.1) is 11.3 Å². The van der Waals surface area contributed by atoms with Crippen LogP contribution >= 0.6 is 11.3 Å². The molecule has 114 valence electrons. The molecule has 0 amide bonds. The van der Waals surface area contributed by atoms with E-state index in [0.29, 0.717) is 0 Å². The standard InChI is InChI=1S/C23H16S/c1-15-13-14-16-7-2-3-8-17(16)22(15)20-11-6-10-19-18-9-4-5-12-21(18)24-23(19)20/h2-14H,1H3. The van der Waals surface area contributed by atoms with Gasteiger partial charge in [0.15, 0.2) is 0 Å². The number of aryl methyl sites for hydroxylation is 1. The lowest BCUT2D eigenvalue weighted by molar-refractivity contribution is 1.50. The van der Waals surface area contributed by atoms with Gasteiger partial charge in [-0.05, 0) is 34.9 Å². The molecule has 0 saturated heterocycles. The van der Waals surface area contributed by atoms with Crippen molar-refractivity contribution in [2.45, 2.75) is 6.92 Å². The highest BCUT2D eigenvalue weighted by Crippen LogP contribution is 2.42. The van der Waals surface area contributed by atoms with Crippen LogP contribution in [0, 0.1) is 6.92 Å². The molecule has 1 aromatic heterocycles. The van der Waals surface area contributed by atoms with Crippen LogP contribution in [0.1, 0.15) is 5.56 Å². The summed E-state index contributed by atoms with van der Waals surface area (Å²) in [4.78, 5) is 0. The zero-order valence-electron chi connectivity index (χ0n) is 13.4. The number of fused-ring (bicyclic) bond motifs is 4. The van der Waals surface area contributed by atoms with Gasteiger partial charge in [0.2, 0.25) is 0 Å². The van der Waals surface area contributed by atoms with Crippen molar-refractivity contribution < 1.29 is 0 Å². The van der Waals surface area contributed by atoms with E-state index < -0.39 is 0 Å². The minimum atomic E-state index is 1.30. The molecule has 0 aliphatic carbocycles. The lowest BCUT2D eigenvalue weighted by atomic mass is 9.93. The molecule has 5 rings (SSSR count). The van der Waals surface area contributed by atoms with E-state index in [1.54, 1.807) is 0 Å². The van der Waals surface area contributed by atoms with E-state index in [-0.39, 0.29) is 0 Å². The summed E-state index contributed by atoms with van der Waals surface area (Å²) in [6.07, 6.45) is 0. The third-order valence-electron chi connectivity index (χ3n) is 4.81. The molecule has 5 aromatic rings. The second-order valence-electron chi connectivity index (χ2n) is 6.26. The molecule has 1 heterocycles. The third kappa shape index (κ3) is 1.92. The highest BCUT2D eigenvalue weighted by molar-refractivity contribution is 7.26. The fourth-order valence-electron chi connectivity index (χ4n) is 3.68. The number of hydrogen-bond acceptors (Lipinski definition) is 1. The van der Waals surface area contributed by atoms with Crippen LogP contribution in [0.4, 0.5) is 0 Å². The van der Waals surface area contributed by atoms with Crippen molar-refractivity contribution >= 4 is 42.3 Å². The van der Waals surface area contributed by atoms with Gasteiger partial charge in [-0.3, -0.25) is 0 Å². The van der Waals surface area contributed by atoms with Crippen molar-refractivity contribution in [2.75, 3.05) is 0 Å². The Morgan fingerprint density at radius 2 is 1.38 bits per heavy atom. The summed E-state index contributed by atoms with van der Waals surface area (Å²) in [5.74, 6) is 0. The van der Waals surface area contributed by atoms with Crippen LogP contribution in [0.15, 0.2) is 78.9 Å². The first kappa shape index (κ1) is 13.8. The molecule has 4 aromatic carbocycles. The first-order chi connectivity index (χ1) is 11.8. The second-order valence-corrected chi connectivity index (χ2v) is 7.31. The Labute approximate surface area is 145 Å². The Hall–Kier alpha value is -2.64. The molecule has 0 nitrogen and oxygen atoms in total. The van der Waals surface area contributed by atoms with Crippen LogP contribution in [-0.4, -0.2) is 0 Å². The third-order valence-corrected chi connectivity index (χ3v) is 6.03. The summed E-state index contributed by atoms with van der Waals surface area (Å²) in [5, 5.41) is 5.36. The van der Waals surface area contributed by atoms with Gasteiger partial charge in [0, 0.05) is 25.7 Å². The van der Waals surface area contributed by atoms with E-state index in [9.17, 15) is 0 Å². The summed E-state index contributed by atoms with van der Waals surface area (Å²) in [6.45, 7) is 2.22. The van der Waals surface area contributed by atoms with Crippen LogP contribution in [0.2, 0.25) is 0 Å². The summed E-state index contributed by atoms with van der Waals surface area (Å²) < 4.78 is 2.75. The molecule has 0 unspecified atom stereocenters. The molecule has 0 atom stereocenters. The highest BCUT2D eigenvalue weighted by Gasteiger charge is 2.13. The van der Waals surface area contributed by atoms with Crippen molar-refractivity contribution in [3.8, 4) is 11.1 Å². The Balaban J connectivity index is 1.96. The van der Waals surface area contributed by atoms with Crippen LogP contribution < -0.4 is 0 Å². The van der Waals surface area contributed by atoms with Crippen molar-refractivity contribution in [1.82, 2.24) is 0 Å². The van der Waals surface area contributed by atoms with Crippen molar-refractivity contribution in [2.24, 2.45) is 0 Å². The van der Waals surface area contributed by atoms with E-state index in [4.69, 9.17) is 0 Å². The zero-order chi connectivity index (χ0) is 16.1. The van der Waals surface area contributed by atoms with Crippen LogP contribution in [0.3, 0.4) is 0 Å². The molecule has 0 N–H and O–H groups in total. The zero-order valence-corrected chi connectivity index (χ0v) is 14.2. The van der Waals surface area contributed by atoms with Gasteiger partial charge in [0.25, 0.3) is 0 Å². The van der Waals surface area contributed by atoms with E-state index in [0.717, 1.165) is 0 Å². The van der Waals surface area contributed by atoms with Gasteiger partial charge >= 0.3 is 0 Å². The topological polar surface area (TPSA) is 0 Å². The van der Waals surface area contributed by atoms with Crippen LogP contribution in [0.25, 0.3) is 42.1 Å². The Kier molecular flexibility index (Phi) is 2.97. The summed E-state index contributed by atoms with van der Waals surface area (Å²) in [7, 11) is 0. The molecule has 0 saturated carbocycles. The minimum Gasteiger partial charge on any atom is -0.135 e. The smallest absolute Gasteiger partial charge is 0.0434 e.